The number of carboxylic acid groups (broad SMARTS) is 1. The number of aromatic carboxylic acids is 1. The minimum atomic E-state index is -3.88. The number of aromatic nitrogens is 1. The molecule has 0 aliphatic carbocycles. The zero-order chi connectivity index (χ0) is 23.0. The van der Waals surface area contributed by atoms with Crippen LogP contribution < -0.4 is 0 Å². The first-order valence-electron chi connectivity index (χ1n) is 10.8. The second kappa shape index (κ2) is 8.69. The normalized spacial score (nSPS) is 16.1. The molecule has 1 aliphatic heterocycles. The second-order valence-corrected chi connectivity index (χ2v) is 10.6. The number of benzene rings is 2. The predicted molar refractivity (Wildman–Crippen MR) is 125 cm³/mol. The Balaban J connectivity index is 1.80. The van der Waals surface area contributed by atoms with Crippen molar-refractivity contribution in [1.29, 1.82) is 0 Å². The van der Waals surface area contributed by atoms with E-state index >= 15 is 0 Å². The molecule has 7 nitrogen and oxygen atoms in total. The molecule has 170 valence electrons. The third-order valence-electron chi connectivity index (χ3n) is 6.19. The minimum Gasteiger partial charge on any atom is -0.478 e. The van der Waals surface area contributed by atoms with Gasteiger partial charge in [-0.25, -0.2) is 17.2 Å². The summed E-state index contributed by atoms with van der Waals surface area (Å²) < 4.78 is 28.3. The van der Waals surface area contributed by atoms with Crippen LogP contribution >= 0.6 is 0 Å². The van der Waals surface area contributed by atoms with Gasteiger partial charge in [0.15, 0.2) is 0 Å². The van der Waals surface area contributed by atoms with Crippen LogP contribution in [0.3, 0.4) is 0 Å². The van der Waals surface area contributed by atoms with Gasteiger partial charge in [0.25, 0.3) is 10.0 Å². The van der Waals surface area contributed by atoms with E-state index in [2.05, 4.69) is 30.7 Å². The molecular weight excluding hydrogens is 426 g/mol. The van der Waals surface area contributed by atoms with Crippen LogP contribution in [0, 0.1) is 0 Å². The highest BCUT2D eigenvalue weighted by molar-refractivity contribution is 7.90. The zero-order valence-electron chi connectivity index (χ0n) is 18.7. The molecule has 0 saturated carbocycles. The maximum absolute atomic E-state index is 13.6. The van der Waals surface area contributed by atoms with Crippen LogP contribution in [-0.4, -0.2) is 66.5 Å². The first-order chi connectivity index (χ1) is 15.2. The topological polar surface area (TPSA) is 82.9 Å². The van der Waals surface area contributed by atoms with Gasteiger partial charge in [0.05, 0.1) is 16.0 Å². The number of nitrogens with zero attached hydrogens (tertiary/aromatic N) is 3. The lowest BCUT2D eigenvalue weighted by Crippen LogP contribution is -2.43. The molecule has 32 heavy (non-hydrogen) atoms. The maximum Gasteiger partial charge on any atom is 0.335 e. The Morgan fingerprint density at radius 3 is 2.28 bits per heavy atom. The summed E-state index contributed by atoms with van der Waals surface area (Å²) in [6.45, 7) is 8.46. The summed E-state index contributed by atoms with van der Waals surface area (Å²) in [5, 5.41) is 10.2. The molecule has 0 spiro atoms. The summed E-state index contributed by atoms with van der Waals surface area (Å²) in [5.74, 6) is -0.786. The Kier molecular flexibility index (Phi) is 6.11. The van der Waals surface area contributed by atoms with Gasteiger partial charge in [0.1, 0.15) is 0 Å². The van der Waals surface area contributed by atoms with Crippen LogP contribution in [0.4, 0.5) is 0 Å². The van der Waals surface area contributed by atoms with Crippen molar-refractivity contribution >= 4 is 26.9 Å². The number of carbonyl (C=O) groups is 1. The summed E-state index contributed by atoms with van der Waals surface area (Å²) in [4.78, 5) is 16.3. The predicted octanol–water partition coefficient (Wildman–Crippen LogP) is 3.45. The molecule has 8 heteroatoms. The lowest BCUT2D eigenvalue weighted by Gasteiger charge is -2.32. The van der Waals surface area contributed by atoms with Crippen LogP contribution in [0.15, 0.2) is 53.6 Å². The van der Waals surface area contributed by atoms with Gasteiger partial charge in [-0.1, -0.05) is 32.0 Å². The number of likely N-dealkylation sites (N-methyl/N-ethyl adjacent to an activating group) is 1. The lowest BCUT2D eigenvalue weighted by atomic mass is 10.0. The number of hydrogen-bond acceptors (Lipinski definition) is 5. The van der Waals surface area contributed by atoms with Gasteiger partial charge in [-0.15, -0.1) is 0 Å². The molecule has 4 rings (SSSR count). The minimum absolute atomic E-state index is 0.0633. The Morgan fingerprint density at radius 2 is 1.69 bits per heavy atom. The molecule has 2 aromatic carbocycles. The number of carboxylic acids is 1. The Bertz CT molecular complexity index is 1240. The fourth-order valence-corrected chi connectivity index (χ4v) is 5.49. The fourth-order valence-electron chi connectivity index (χ4n) is 4.11. The Morgan fingerprint density at radius 1 is 1.03 bits per heavy atom. The van der Waals surface area contributed by atoms with E-state index in [1.165, 1.54) is 16.1 Å². The van der Waals surface area contributed by atoms with Crippen molar-refractivity contribution in [2.75, 3.05) is 33.2 Å². The monoisotopic (exact) mass is 455 g/mol. The molecular formula is C24H29N3O4S. The van der Waals surface area contributed by atoms with Crippen molar-refractivity contribution in [1.82, 2.24) is 13.8 Å². The molecule has 1 aliphatic rings. The van der Waals surface area contributed by atoms with E-state index in [1.807, 2.05) is 12.1 Å². The molecule has 2 heterocycles. The Labute approximate surface area is 188 Å². The second-order valence-electron chi connectivity index (χ2n) is 8.80. The summed E-state index contributed by atoms with van der Waals surface area (Å²) in [6.07, 6.45) is 1.65. The third-order valence-corrected chi connectivity index (χ3v) is 7.88. The van der Waals surface area contributed by atoms with Crippen LogP contribution in [-0.2, 0) is 16.6 Å². The molecule has 1 aromatic heterocycles. The van der Waals surface area contributed by atoms with Crippen molar-refractivity contribution in [3.05, 3.63) is 65.4 Å². The highest BCUT2D eigenvalue weighted by Crippen LogP contribution is 2.29. The van der Waals surface area contributed by atoms with Gasteiger partial charge >= 0.3 is 5.97 Å². The fraction of sp³-hybridized carbons (Fsp3) is 0.375. The van der Waals surface area contributed by atoms with Crippen molar-refractivity contribution in [3.8, 4) is 0 Å². The first-order valence-corrected chi connectivity index (χ1v) is 12.2. The number of hydrogen-bond donors (Lipinski definition) is 1. The highest BCUT2D eigenvalue weighted by Gasteiger charge is 2.24. The van der Waals surface area contributed by atoms with Crippen LogP contribution in [0.25, 0.3) is 10.9 Å². The van der Waals surface area contributed by atoms with Gasteiger partial charge in [-0.05, 0) is 48.4 Å². The summed E-state index contributed by atoms with van der Waals surface area (Å²) in [7, 11) is -1.79. The third kappa shape index (κ3) is 4.30. The molecule has 0 radical (unpaired) electrons. The van der Waals surface area contributed by atoms with Crippen LogP contribution in [0.1, 0.15) is 41.3 Å². The van der Waals surface area contributed by atoms with Gasteiger partial charge in [0, 0.05) is 44.3 Å². The van der Waals surface area contributed by atoms with E-state index in [4.69, 9.17) is 0 Å². The summed E-state index contributed by atoms with van der Waals surface area (Å²) >= 11 is 0. The molecule has 1 N–H and O–H groups in total. The SMILES string of the molecule is CC(C)c1ccc(S(=O)(=O)n2cc(CN3CCN(C)CC3)c3ccc(C(=O)O)cc32)cc1. The van der Waals surface area contributed by atoms with E-state index in [1.54, 1.807) is 24.4 Å². The van der Waals surface area contributed by atoms with Crippen molar-refractivity contribution in [3.63, 3.8) is 0 Å². The number of rotatable bonds is 6. The standard InChI is InChI=1S/C24H29N3O4S/c1-17(2)18-4-7-21(8-5-18)32(30,31)27-16-20(15-26-12-10-25(3)11-13-26)22-9-6-19(24(28)29)14-23(22)27/h4-9,14,16-17H,10-13,15H2,1-3H3,(H,28,29). The number of fused-ring (bicyclic) bond motifs is 1. The van der Waals surface area contributed by atoms with Gasteiger partial charge in [-0.3, -0.25) is 4.90 Å². The Hall–Kier alpha value is -2.68. The smallest absolute Gasteiger partial charge is 0.335 e. The summed E-state index contributed by atoms with van der Waals surface area (Å²) in [6, 6.07) is 11.6. The molecule has 3 aromatic rings. The molecule has 1 fully saturated rings. The van der Waals surface area contributed by atoms with Crippen LogP contribution in [0.2, 0.25) is 0 Å². The average molecular weight is 456 g/mol. The van der Waals surface area contributed by atoms with E-state index in [0.717, 1.165) is 42.7 Å². The molecule has 0 amide bonds. The molecule has 0 unspecified atom stereocenters. The van der Waals surface area contributed by atoms with E-state index in [0.29, 0.717) is 18.0 Å². The van der Waals surface area contributed by atoms with E-state index < -0.39 is 16.0 Å². The van der Waals surface area contributed by atoms with Crippen molar-refractivity contribution < 1.29 is 18.3 Å². The zero-order valence-corrected chi connectivity index (χ0v) is 19.5. The molecule has 1 saturated heterocycles. The molecule has 0 bridgehead atoms. The van der Waals surface area contributed by atoms with Gasteiger partial charge in [-0.2, -0.15) is 0 Å². The largest absolute Gasteiger partial charge is 0.478 e. The maximum atomic E-state index is 13.6. The van der Waals surface area contributed by atoms with Crippen molar-refractivity contribution in [2.24, 2.45) is 0 Å². The molecule has 0 atom stereocenters. The first kappa shape index (κ1) is 22.5. The summed E-state index contributed by atoms with van der Waals surface area (Å²) in [5.41, 5.74) is 2.39. The number of piperazine rings is 1. The average Bonchev–Trinajstić information content (AvgIpc) is 3.14. The lowest BCUT2D eigenvalue weighted by molar-refractivity contribution is 0.0697. The quantitative estimate of drug-likeness (QED) is 0.613. The van der Waals surface area contributed by atoms with Gasteiger partial charge < -0.3 is 10.0 Å². The van der Waals surface area contributed by atoms with E-state index in [9.17, 15) is 18.3 Å². The van der Waals surface area contributed by atoms with E-state index in [-0.39, 0.29) is 10.5 Å². The highest BCUT2D eigenvalue weighted by atomic mass is 32.2. The van der Waals surface area contributed by atoms with Gasteiger partial charge in [0.2, 0.25) is 0 Å². The van der Waals surface area contributed by atoms with Crippen molar-refractivity contribution in [2.45, 2.75) is 31.2 Å². The van der Waals surface area contributed by atoms with Crippen LogP contribution in [0.5, 0.6) is 0 Å².